The third-order valence-corrected chi connectivity index (χ3v) is 5.05. The van der Waals surface area contributed by atoms with Crippen molar-refractivity contribution in [2.45, 2.75) is 6.61 Å². The van der Waals surface area contributed by atoms with Crippen molar-refractivity contribution < 1.29 is 4.74 Å². The van der Waals surface area contributed by atoms with E-state index in [1.165, 1.54) is 16.7 Å². The maximum Gasteiger partial charge on any atom is 0.235 e. The van der Waals surface area contributed by atoms with E-state index in [9.17, 15) is 0 Å². The van der Waals surface area contributed by atoms with Gasteiger partial charge in [-0.05, 0) is 16.8 Å². The van der Waals surface area contributed by atoms with Crippen LogP contribution in [0.1, 0.15) is 5.82 Å². The number of rotatable bonds is 3. The Morgan fingerprint density at radius 2 is 1.95 bits per heavy atom. The Balaban J connectivity index is 1.93. The molecule has 0 saturated heterocycles. The summed E-state index contributed by atoms with van der Waals surface area (Å²) in [6, 6.07) is 12.4. The van der Waals surface area contributed by atoms with Gasteiger partial charge >= 0.3 is 0 Å². The first-order valence-electron chi connectivity index (χ1n) is 6.65. The summed E-state index contributed by atoms with van der Waals surface area (Å²) in [5.74, 6) is 0.710. The van der Waals surface area contributed by atoms with Gasteiger partial charge in [-0.2, -0.15) is 9.61 Å². The van der Waals surface area contributed by atoms with E-state index in [0.29, 0.717) is 12.4 Å². The van der Waals surface area contributed by atoms with E-state index in [0.717, 1.165) is 25.4 Å². The zero-order chi connectivity index (χ0) is 15.1. The monoisotopic (exact) mass is 374 g/mol. The van der Waals surface area contributed by atoms with Crippen molar-refractivity contribution >= 4 is 43.0 Å². The lowest BCUT2D eigenvalue weighted by atomic mass is 10.1. The molecule has 0 amide bonds. The second-order valence-electron chi connectivity index (χ2n) is 4.79. The fourth-order valence-corrected chi connectivity index (χ4v) is 3.84. The molecule has 0 unspecified atom stereocenters. The van der Waals surface area contributed by atoms with Gasteiger partial charge in [-0.15, -0.1) is 10.2 Å². The highest BCUT2D eigenvalue weighted by Crippen LogP contribution is 2.34. The summed E-state index contributed by atoms with van der Waals surface area (Å²) in [4.78, 5) is 0.772. The van der Waals surface area contributed by atoms with Crippen LogP contribution in [0.3, 0.4) is 0 Å². The predicted octanol–water partition coefficient (Wildman–Crippen LogP) is 3.91. The van der Waals surface area contributed by atoms with Gasteiger partial charge in [-0.25, -0.2) is 0 Å². The summed E-state index contributed by atoms with van der Waals surface area (Å²) in [6.07, 6.45) is 0. The highest BCUT2D eigenvalue weighted by Gasteiger charge is 2.14. The average Bonchev–Trinajstić information content (AvgIpc) is 3.09. The summed E-state index contributed by atoms with van der Waals surface area (Å²) in [5.41, 5.74) is 1.10. The van der Waals surface area contributed by atoms with E-state index >= 15 is 0 Å². The van der Waals surface area contributed by atoms with Gasteiger partial charge in [0.15, 0.2) is 5.82 Å². The lowest BCUT2D eigenvalue weighted by Crippen LogP contribution is -1.97. The fraction of sp³-hybridized carbons (Fsp3) is 0.133. The molecule has 0 aliphatic carbocycles. The number of nitrogens with zero attached hydrogens (tertiary/aromatic N) is 4. The largest absolute Gasteiger partial charge is 0.377 e. The topological polar surface area (TPSA) is 52.3 Å². The smallest absolute Gasteiger partial charge is 0.235 e. The van der Waals surface area contributed by atoms with Crippen LogP contribution in [0.25, 0.3) is 26.3 Å². The van der Waals surface area contributed by atoms with Crippen LogP contribution in [0, 0.1) is 0 Å². The van der Waals surface area contributed by atoms with E-state index in [-0.39, 0.29) is 0 Å². The molecule has 0 atom stereocenters. The molecule has 22 heavy (non-hydrogen) atoms. The van der Waals surface area contributed by atoms with Gasteiger partial charge in [0.2, 0.25) is 4.96 Å². The van der Waals surface area contributed by atoms with Crippen LogP contribution in [0.5, 0.6) is 0 Å². The molecular weight excluding hydrogens is 364 g/mol. The molecule has 2 aromatic carbocycles. The molecule has 0 saturated carbocycles. The molecule has 110 valence electrons. The van der Waals surface area contributed by atoms with Crippen LogP contribution in [-0.4, -0.2) is 26.9 Å². The first kappa shape index (κ1) is 13.8. The summed E-state index contributed by atoms with van der Waals surface area (Å²) in [6.45, 7) is 0.394. The molecule has 0 fully saturated rings. The van der Waals surface area contributed by atoms with Gasteiger partial charge in [-0.1, -0.05) is 57.6 Å². The Kier molecular flexibility index (Phi) is 3.40. The molecular formula is C15H11BrN4OS. The van der Waals surface area contributed by atoms with Crippen molar-refractivity contribution in [2.24, 2.45) is 0 Å². The zero-order valence-corrected chi connectivity index (χ0v) is 14.1. The van der Waals surface area contributed by atoms with Gasteiger partial charge in [0.25, 0.3) is 0 Å². The fourth-order valence-electron chi connectivity index (χ4n) is 2.44. The normalized spacial score (nSPS) is 11.5. The highest BCUT2D eigenvalue weighted by molar-refractivity contribution is 9.10. The molecule has 0 bridgehead atoms. The third kappa shape index (κ3) is 2.13. The zero-order valence-electron chi connectivity index (χ0n) is 11.7. The van der Waals surface area contributed by atoms with Crippen LogP contribution < -0.4 is 0 Å². The minimum atomic E-state index is 0.394. The molecule has 2 aromatic heterocycles. The van der Waals surface area contributed by atoms with Crippen LogP contribution in [0.4, 0.5) is 0 Å². The average molecular weight is 375 g/mol. The standard InChI is InChI=1S/C15H11BrN4OS/c1-21-8-13-17-18-15-20(13)19-14(22-15)11-6-2-5-10-9(11)4-3-7-12(10)16/h2-7H,8H2,1H3. The number of fused-ring (bicyclic) bond motifs is 2. The van der Waals surface area contributed by atoms with Crippen molar-refractivity contribution in [3.05, 3.63) is 46.7 Å². The van der Waals surface area contributed by atoms with Crippen molar-refractivity contribution in [3.8, 4) is 10.6 Å². The van der Waals surface area contributed by atoms with E-state index < -0.39 is 0 Å². The molecule has 4 rings (SSSR count). The quantitative estimate of drug-likeness (QED) is 0.545. The number of halogens is 1. The summed E-state index contributed by atoms with van der Waals surface area (Å²) in [7, 11) is 1.64. The molecule has 0 N–H and O–H groups in total. The molecule has 5 nitrogen and oxygen atoms in total. The van der Waals surface area contributed by atoms with Crippen molar-refractivity contribution in [2.75, 3.05) is 7.11 Å². The lowest BCUT2D eigenvalue weighted by molar-refractivity contribution is 0.176. The number of aromatic nitrogens is 4. The number of hydrogen-bond acceptors (Lipinski definition) is 5. The SMILES string of the molecule is COCc1nnc2sc(-c3cccc4c(Br)cccc34)nn12. The molecule has 2 heterocycles. The summed E-state index contributed by atoms with van der Waals surface area (Å²) < 4.78 is 7.96. The van der Waals surface area contributed by atoms with E-state index in [4.69, 9.17) is 4.74 Å². The predicted molar refractivity (Wildman–Crippen MR) is 90.0 cm³/mol. The van der Waals surface area contributed by atoms with Gasteiger partial charge in [0.1, 0.15) is 11.6 Å². The molecule has 4 aromatic rings. The molecule has 0 spiro atoms. The summed E-state index contributed by atoms with van der Waals surface area (Å²) in [5, 5.41) is 16.2. The molecule has 0 radical (unpaired) electrons. The minimum Gasteiger partial charge on any atom is -0.377 e. The molecule has 7 heteroatoms. The van der Waals surface area contributed by atoms with Gasteiger partial charge < -0.3 is 4.74 Å². The van der Waals surface area contributed by atoms with Crippen molar-refractivity contribution in [3.63, 3.8) is 0 Å². The van der Waals surface area contributed by atoms with E-state index in [1.807, 2.05) is 18.2 Å². The maximum absolute atomic E-state index is 5.13. The third-order valence-electron chi connectivity index (χ3n) is 3.43. The van der Waals surface area contributed by atoms with Crippen molar-refractivity contribution in [1.29, 1.82) is 0 Å². The second-order valence-corrected chi connectivity index (χ2v) is 6.60. The highest BCUT2D eigenvalue weighted by atomic mass is 79.9. The minimum absolute atomic E-state index is 0.394. The number of hydrogen-bond donors (Lipinski definition) is 0. The Morgan fingerprint density at radius 1 is 1.14 bits per heavy atom. The number of ether oxygens (including phenoxy) is 1. The Bertz CT molecular complexity index is 978. The van der Waals surface area contributed by atoms with Gasteiger partial charge in [-0.3, -0.25) is 0 Å². The Labute approximate surface area is 138 Å². The number of benzene rings is 2. The van der Waals surface area contributed by atoms with Crippen LogP contribution >= 0.6 is 27.3 Å². The maximum atomic E-state index is 5.13. The summed E-state index contributed by atoms with van der Waals surface area (Å²) >= 11 is 5.13. The first-order valence-corrected chi connectivity index (χ1v) is 8.26. The van der Waals surface area contributed by atoms with Crippen LogP contribution in [0.15, 0.2) is 40.9 Å². The van der Waals surface area contributed by atoms with Gasteiger partial charge in [0.05, 0.1) is 0 Å². The molecule has 0 aliphatic rings. The first-order chi connectivity index (χ1) is 10.8. The number of methoxy groups -OCH3 is 1. The Morgan fingerprint density at radius 3 is 2.82 bits per heavy atom. The second kappa shape index (κ2) is 5.42. The van der Waals surface area contributed by atoms with Crippen molar-refractivity contribution in [1.82, 2.24) is 19.8 Å². The lowest BCUT2D eigenvalue weighted by Gasteiger charge is -2.04. The van der Waals surface area contributed by atoms with Gasteiger partial charge in [0, 0.05) is 17.1 Å². The molecule has 0 aliphatic heterocycles. The van der Waals surface area contributed by atoms with Crippen LogP contribution in [0.2, 0.25) is 0 Å². The van der Waals surface area contributed by atoms with E-state index in [1.54, 1.807) is 11.6 Å². The Hall–Kier alpha value is -1.83. The van der Waals surface area contributed by atoms with Crippen LogP contribution in [-0.2, 0) is 11.3 Å². The van der Waals surface area contributed by atoms with E-state index in [2.05, 4.69) is 49.4 Å².